The van der Waals surface area contributed by atoms with Crippen molar-refractivity contribution in [2.24, 2.45) is 0 Å². The van der Waals surface area contributed by atoms with E-state index < -0.39 is 18.5 Å². The van der Waals surface area contributed by atoms with Crippen molar-refractivity contribution in [3.63, 3.8) is 0 Å². The monoisotopic (exact) mass is 368 g/mol. The first-order valence-electron chi connectivity index (χ1n) is 8.57. The van der Waals surface area contributed by atoms with Crippen LogP contribution in [0.2, 0.25) is 0 Å². The Balaban J connectivity index is 1.72. The Morgan fingerprint density at radius 3 is 2.59 bits per heavy atom. The second-order valence-electron chi connectivity index (χ2n) is 6.31. The van der Waals surface area contributed by atoms with Crippen molar-refractivity contribution in [3.05, 3.63) is 59.7 Å². The number of aliphatic hydroxyl groups excluding tert-OH is 1. The van der Waals surface area contributed by atoms with E-state index in [4.69, 9.17) is 9.84 Å². The summed E-state index contributed by atoms with van der Waals surface area (Å²) >= 11 is 0. The van der Waals surface area contributed by atoms with Gasteiger partial charge in [0.1, 0.15) is 0 Å². The Kier molecular flexibility index (Phi) is 5.52. The number of rotatable bonds is 4. The normalized spacial score (nSPS) is 16.1. The van der Waals surface area contributed by atoms with Crippen LogP contribution in [-0.2, 0) is 20.9 Å². The molecule has 1 heterocycles. The van der Waals surface area contributed by atoms with Gasteiger partial charge >= 0.3 is 5.97 Å². The van der Waals surface area contributed by atoms with E-state index in [9.17, 15) is 14.4 Å². The van der Waals surface area contributed by atoms with E-state index in [1.807, 2.05) is 0 Å². The molecule has 7 heteroatoms. The number of hydrogen-bond donors (Lipinski definition) is 2. The lowest BCUT2D eigenvalue weighted by Crippen LogP contribution is -2.41. The van der Waals surface area contributed by atoms with Crippen molar-refractivity contribution >= 4 is 29.2 Å². The molecule has 2 aromatic carbocycles. The molecule has 7 nitrogen and oxygen atoms in total. The van der Waals surface area contributed by atoms with Crippen LogP contribution in [0.25, 0.3) is 0 Å². The summed E-state index contributed by atoms with van der Waals surface area (Å²) < 4.78 is 5.15. The summed E-state index contributed by atoms with van der Waals surface area (Å²) in [5, 5.41) is 11.8. The number of ether oxygens (including phenoxy) is 1. The molecule has 0 saturated heterocycles. The number of benzene rings is 2. The minimum absolute atomic E-state index is 0.118. The molecule has 0 saturated carbocycles. The fourth-order valence-electron chi connectivity index (χ4n) is 2.99. The molecule has 0 aromatic heterocycles. The number of hydrogen-bond acceptors (Lipinski definition) is 5. The Morgan fingerprint density at radius 2 is 1.89 bits per heavy atom. The van der Waals surface area contributed by atoms with Gasteiger partial charge in [0.15, 0.2) is 6.61 Å². The minimum atomic E-state index is -0.627. The highest BCUT2D eigenvalue weighted by Gasteiger charge is 2.30. The van der Waals surface area contributed by atoms with Gasteiger partial charge in [0.25, 0.3) is 5.91 Å². The van der Waals surface area contributed by atoms with E-state index in [-0.39, 0.29) is 25.0 Å². The molecule has 2 N–H and O–H groups in total. The first-order valence-corrected chi connectivity index (χ1v) is 8.57. The van der Waals surface area contributed by atoms with Crippen molar-refractivity contribution in [2.45, 2.75) is 26.0 Å². The summed E-state index contributed by atoms with van der Waals surface area (Å²) in [5.74, 6) is -1.21. The zero-order valence-corrected chi connectivity index (χ0v) is 14.8. The van der Waals surface area contributed by atoms with Gasteiger partial charge in [0, 0.05) is 12.5 Å². The van der Waals surface area contributed by atoms with Crippen LogP contribution in [0.5, 0.6) is 0 Å². The van der Waals surface area contributed by atoms with Gasteiger partial charge in [0.2, 0.25) is 5.91 Å². The van der Waals surface area contributed by atoms with E-state index >= 15 is 0 Å². The topological polar surface area (TPSA) is 95.9 Å². The minimum Gasteiger partial charge on any atom is -0.452 e. The van der Waals surface area contributed by atoms with Gasteiger partial charge in [-0.05, 0) is 36.8 Å². The first-order chi connectivity index (χ1) is 13.0. The van der Waals surface area contributed by atoms with Crippen molar-refractivity contribution in [3.8, 4) is 0 Å². The summed E-state index contributed by atoms with van der Waals surface area (Å²) in [5.41, 5.74) is 2.09. The van der Waals surface area contributed by atoms with Gasteiger partial charge in [-0.25, -0.2) is 4.79 Å². The van der Waals surface area contributed by atoms with Gasteiger partial charge in [-0.1, -0.05) is 24.3 Å². The second-order valence-corrected chi connectivity index (χ2v) is 6.31. The van der Waals surface area contributed by atoms with Crippen LogP contribution in [0.3, 0.4) is 0 Å². The molecule has 27 heavy (non-hydrogen) atoms. The SMILES string of the molecule is C[C@@H]1CC(=O)Nc2ccccc2N1C(=O)COC(=O)c1ccc(CO)cc1. The summed E-state index contributed by atoms with van der Waals surface area (Å²) in [6.07, 6.45) is 0.150. The molecule has 0 bridgehead atoms. The Bertz CT molecular complexity index is 863. The van der Waals surface area contributed by atoms with E-state index in [1.165, 1.54) is 17.0 Å². The maximum absolute atomic E-state index is 12.7. The van der Waals surface area contributed by atoms with Crippen LogP contribution < -0.4 is 10.2 Å². The fraction of sp³-hybridized carbons (Fsp3) is 0.250. The number of para-hydroxylation sites is 2. The second kappa shape index (κ2) is 8.01. The fourth-order valence-corrected chi connectivity index (χ4v) is 2.99. The van der Waals surface area contributed by atoms with E-state index in [0.717, 1.165) is 0 Å². The lowest BCUT2D eigenvalue weighted by atomic mass is 10.1. The van der Waals surface area contributed by atoms with Crippen molar-refractivity contribution < 1.29 is 24.2 Å². The van der Waals surface area contributed by atoms with E-state index in [1.54, 1.807) is 43.3 Å². The van der Waals surface area contributed by atoms with Gasteiger partial charge < -0.3 is 20.1 Å². The van der Waals surface area contributed by atoms with Gasteiger partial charge in [-0.3, -0.25) is 9.59 Å². The highest BCUT2D eigenvalue weighted by Crippen LogP contribution is 2.31. The van der Waals surface area contributed by atoms with E-state index in [2.05, 4.69) is 5.32 Å². The summed E-state index contributed by atoms with van der Waals surface area (Å²) in [6, 6.07) is 12.9. The lowest BCUT2D eigenvalue weighted by molar-refractivity contribution is -0.122. The molecule has 0 radical (unpaired) electrons. The molecule has 1 aliphatic rings. The molecular formula is C20H20N2O5. The third-order valence-electron chi connectivity index (χ3n) is 4.33. The molecule has 140 valence electrons. The van der Waals surface area contributed by atoms with Crippen LogP contribution >= 0.6 is 0 Å². The summed E-state index contributed by atoms with van der Waals surface area (Å²) in [4.78, 5) is 38.4. The predicted octanol–water partition coefficient (Wildman–Crippen LogP) is 2.10. The molecule has 2 aromatic rings. The maximum Gasteiger partial charge on any atom is 0.338 e. The molecule has 1 aliphatic heterocycles. The number of carbonyl (C=O) groups excluding carboxylic acids is 3. The van der Waals surface area contributed by atoms with Crippen LogP contribution in [0.1, 0.15) is 29.3 Å². The lowest BCUT2D eigenvalue weighted by Gasteiger charge is -2.27. The van der Waals surface area contributed by atoms with Gasteiger partial charge in [-0.15, -0.1) is 0 Å². The third-order valence-corrected chi connectivity index (χ3v) is 4.33. The number of aliphatic hydroxyl groups is 1. The number of carbonyl (C=O) groups is 3. The maximum atomic E-state index is 12.7. The smallest absolute Gasteiger partial charge is 0.338 e. The molecule has 2 amide bonds. The molecule has 1 atom stereocenters. The molecule has 0 spiro atoms. The highest BCUT2D eigenvalue weighted by atomic mass is 16.5. The van der Waals surface area contributed by atoms with Crippen molar-refractivity contribution in [2.75, 3.05) is 16.8 Å². The summed E-state index contributed by atoms with van der Waals surface area (Å²) in [7, 11) is 0. The van der Waals surface area contributed by atoms with Crippen molar-refractivity contribution in [1.29, 1.82) is 0 Å². The quantitative estimate of drug-likeness (QED) is 0.806. The number of nitrogens with one attached hydrogen (secondary N) is 1. The number of esters is 1. The largest absolute Gasteiger partial charge is 0.452 e. The van der Waals surface area contributed by atoms with Gasteiger partial charge in [0.05, 0.1) is 23.5 Å². The molecule has 3 rings (SSSR count). The number of anilines is 2. The number of fused-ring (bicyclic) bond motifs is 1. The Hall–Kier alpha value is -3.19. The van der Waals surface area contributed by atoms with Crippen LogP contribution in [0.4, 0.5) is 11.4 Å². The standard InChI is InChI=1S/C20H20N2O5/c1-13-10-18(24)21-16-4-2-3-5-17(16)22(13)19(25)12-27-20(26)15-8-6-14(11-23)7-9-15/h2-9,13,23H,10-12H2,1H3,(H,21,24)/t13-/m1/s1. The van der Waals surface area contributed by atoms with Crippen LogP contribution in [0.15, 0.2) is 48.5 Å². The molecule has 0 aliphatic carbocycles. The summed E-state index contributed by atoms with van der Waals surface area (Å²) in [6.45, 7) is 1.22. The molecule has 0 fully saturated rings. The zero-order chi connectivity index (χ0) is 19.4. The van der Waals surface area contributed by atoms with Crippen LogP contribution in [0, 0.1) is 0 Å². The first kappa shape index (κ1) is 18.6. The molecule has 0 unspecified atom stereocenters. The molecular weight excluding hydrogens is 348 g/mol. The van der Waals surface area contributed by atoms with Crippen LogP contribution in [-0.4, -0.2) is 35.5 Å². The Morgan fingerprint density at radius 1 is 1.19 bits per heavy atom. The van der Waals surface area contributed by atoms with E-state index in [0.29, 0.717) is 22.5 Å². The predicted molar refractivity (Wildman–Crippen MR) is 99.3 cm³/mol. The highest BCUT2D eigenvalue weighted by molar-refractivity contribution is 6.05. The third kappa shape index (κ3) is 4.15. The van der Waals surface area contributed by atoms with Crippen molar-refractivity contribution in [1.82, 2.24) is 0 Å². The Labute approximate surface area is 156 Å². The average molecular weight is 368 g/mol. The number of nitrogens with zero attached hydrogens (tertiary/aromatic N) is 1. The number of amides is 2. The van der Waals surface area contributed by atoms with Gasteiger partial charge in [-0.2, -0.15) is 0 Å². The average Bonchev–Trinajstić information content (AvgIpc) is 2.80. The zero-order valence-electron chi connectivity index (χ0n) is 14.8.